The largest absolute Gasteiger partial charge is 0.488 e. The molecule has 0 unspecified atom stereocenters. The Morgan fingerprint density at radius 1 is 0.923 bits per heavy atom. The summed E-state index contributed by atoms with van der Waals surface area (Å²) in [5.41, 5.74) is 3.08. The molecule has 0 N–H and O–H groups in total. The van der Waals surface area contributed by atoms with Crippen molar-refractivity contribution in [3.05, 3.63) is 83.9 Å². The van der Waals surface area contributed by atoms with E-state index in [0.717, 1.165) is 23.0 Å². The van der Waals surface area contributed by atoms with E-state index in [9.17, 15) is 13.2 Å². The van der Waals surface area contributed by atoms with Crippen LogP contribution in [-0.2, 0) is 16.4 Å². The monoisotopic (exact) mass is 366 g/mol. The third-order valence-electron chi connectivity index (χ3n) is 3.97. The van der Waals surface area contributed by atoms with Gasteiger partial charge in [-0.25, -0.2) is 8.42 Å². The van der Waals surface area contributed by atoms with Gasteiger partial charge >= 0.3 is 0 Å². The Hall–Kier alpha value is -2.92. The van der Waals surface area contributed by atoms with Gasteiger partial charge in [-0.2, -0.15) is 0 Å². The standard InChI is InChI=1S/C21H18O4S/c1-26(23,24)19-10-8-18(9-11-19)20-13-17(14-22)7-12-21(20)25-15-16-5-3-2-4-6-16/h2-14H,15H2,1H3. The molecule has 0 radical (unpaired) electrons. The van der Waals surface area contributed by atoms with Gasteiger partial charge in [-0.3, -0.25) is 4.79 Å². The van der Waals surface area contributed by atoms with Crippen LogP contribution in [-0.4, -0.2) is 21.0 Å². The molecule has 0 aliphatic heterocycles. The van der Waals surface area contributed by atoms with Gasteiger partial charge in [0.05, 0.1) is 4.90 Å². The van der Waals surface area contributed by atoms with Crippen LogP contribution in [0.2, 0.25) is 0 Å². The third-order valence-corrected chi connectivity index (χ3v) is 5.10. The molecule has 4 nitrogen and oxygen atoms in total. The van der Waals surface area contributed by atoms with Gasteiger partial charge in [-0.15, -0.1) is 0 Å². The molecule has 5 heteroatoms. The lowest BCUT2D eigenvalue weighted by Gasteiger charge is -2.13. The van der Waals surface area contributed by atoms with Crippen molar-refractivity contribution in [2.75, 3.05) is 6.26 Å². The zero-order valence-corrected chi connectivity index (χ0v) is 15.1. The molecular weight excluding hydrogens is 348 g/mol. The van der Waals surface area contributed by atoms with Gasteiger partial charge in [0, 0.05) is 17.4 Å². The maximum atomic E-state index is 11.6. The minimum Gasteiger partial charge on any atom is -0.488 e. The van der Waals surface area contributed by atoms with Gasteiger partial charge in [0.25, 0.3) is 0 Å². The summed E-state index contributed by atoms with van der Waals surface area (Å²) in [7, 11) is -3.26. The van der Waals surface area contributed by atoms with E-state index < -0.39 is 9.84 Å². The summed E-state index contributed by atoms with van der Waals surface area (Å²) < 4.78 is 29.2. The first-order valence-corrected chi connectivity index (χ1v) is 9.93. The van der Waals surface area contributed by atoms with Gasteiger partial charge in [-0.1, -0.05) is 42.5 Å². The van der Waals surface area contributed by atoms with Crippen molar-refractivity contribution in [1.29, 1.82) is 0 Å². The quantitative estimate of drug-likeness (QED) is 0.615. The smallest absolute Gasteiger partial charge is 0.175 e. The molecule has 3 aromatic rings. The van der Waals surface area contributed by atoms with Crippen LogP contribution in [0.25, 0.3) is 11.1 Å². The lowest BCUT2D eigenvalue weighted by atomic mass is 10.0. The highest BCUT2D eigenvalue weighted by atomic mass is 32.2. The SMILES string of the molecule is CS(=O)(=O)c1ccc(-c2cc(C=O)ccc2OCc2ccccc2)cc1. The van der Waals surface area contributed by atoms with E-state index in [4.69, 9.17) is 4.74 Å². The fourth-order valence-corrected chi connectivity index (χ4v) is 3.22. The molecule has 0 saturated carbocycles. The molecule has 0 fully saturated rings. The summed E-state index contributed by atoms with van der Waals surface area (Å²) in [5.74, 6) is 0.631. The number of rotatable bonds is 6. The Labute approximate surface area is 153 Å². The molecular formula is C21H18O4S. The number of benzene rings is 3. The number of carbonyl (C=O) groups excluding carboxylic acids is 1. The molecule has 0 spiro atoms. The Kier molecular flexibility index (Phi) is 5.19. The zero-order valence-electron chi connectivity index (χ0n) is 14.3. The van der Waals surface area contributed by atoms with Crippen LogP contribution in [0.15, 0.2) is 77.7 Å². The molecule has 0 aliphatic carbocycles. The molecule has 0 atom stereocenters. The number of hydrogen-bond acceptors (Lipinski definition) is 4. The van der Waals surface area contributed by atoms with Crippen LogP contribution in [0.1, 0.15) is 15.9 Å². The van der Waals surface area contributed by atoms with Crippen LogP contribution in [0.5, 0.6) is 5.75 Å². The maximum Gasteiger partial charge on any atom is 0.175 e. The van der Waals surface area contributed by atoms with Gasteiger partial charge in [0.1, 0.15) is 18.6 Å². The first-order chi connectivity index (χ1) is 12.5. The fourth-order valence-electron chi connectivity index (χ4n) is 2.59. The number of ether oxygens (including phenoxy) is 1. The van der Waals surface area contributed by atoms with Gasteiger partial charge in [0.15, 0.2) is 9.84 Å². The number of carbonyl (C=O) groups is 1. The fraction of sp³-hybridized carbons (Fsp3) is 0.0952. The summed E-state index contributed by atoms with van der Waals surface area (Å²) in [4.78, 5) is 11.4. The van der Waals surface area contributed by atoms with E-state index in [2.05, 4.69) is 0 Å². The van der Waals surface area contributed by atoms with E-state index in [1.807, 2.05) is 30.3 Å². The highest BCUT2D eigenvalue weighted by Gasteiger charge is 2.11. The zero-order chi connectivity index (χ0) is 18.6. The minimum atomic E-state index is -3.26. The van der Waals surface area contributed by atoms with Crippen molar-refractivity contribution >= 4 is 16.1 Å². The van der Waals surface area contributed by atoms with Crippen LogP contribution >= 0.6 is 0 Å². The van der Waals surface area contributed by atoms with E-state index in [1.165, 1.54) is 6.26 Å². The van der Waals surface area contributed by atoms with Crippen LogP contribution < -0.4 is 4.74 Å². The van der Waals surface area contributed by atoms with Crippen LogP contribution in [0.4, 0.5) is 0 Å². The lowest BCUT2D eigenvalue weighted by Crippen LogP contribution is -1.99. The molecule has 0 saturated heterocycles. The highest BCUT2D eigenvalue weighted by molar-refractivity contribution is 7.90. The van der Waals surface area contributed by atoms with Crippen molar-refractivity contribution in [3.8, 4) is 16.9 Å². The first kappa shape index (κ1) is 17.9. The van der Waals surface area contributed by atoms with Crippen molar-refractivity contribution in [1.82, 2.24) is 0 Å². The van der Waals surface area contributed by atoms with Crippen molar-refractivity contribution < 1.29 is 17.9 Å². The van der Waals surface area contributed by atoms with Crippen molar-refractivity contribution in [3.63, 3.8) is 0 Å². The average Bonchev–Trinajstić information content (AvgIpc) is 2.66. The van der Waals surface area contributed by atoms with Gasteiger partial charge in [0.2, 0.25) is 0 Å². The average molecular weight is 366 g/mol. The van der Waals surface area contributed by atoms with Crippen LogP contribution in [0, 0.1) is 0 Å². The predicted octanol–water partition coefficient (Wildman–Crippen LogP) is 4.15. The van der Waals surface area contributed by atoms with E-state index in [1.54, 1.807) is 42.5 Å². The second kappa shape index (κ2) is 7.54. The minimum absolute atomic E-state index is 0.250. The van der Waals surface area contributed by atoms with Crippen molar-refractivity contribution in [2.45, 2.75) is 11.5 Å². The van der Waals surface area contributed by atoms with Crippen molar-refractivity contribution in [2.24, 2.45) is 0 Å². The Balaban J connectivity index is 1.95. The second-order valence-electron chi connectivity index (χ2n) is 5.94. The molecule has 0 amide bonds. The summed E-state index contributed by atoms with van der Waals surface area (Å²) in [6.07, 6.45) is 1.94. The van der Waals surface area contributed by atoms with Gasteiger partial charge in [-0.05, 0) is 41.5 Å². The lowest BCUT2D eigenvalue weighted by molar-refractivity contribution is 0.112. The van der Waals surface area contributed by atoms with E-state index in [-0.39, 0.29) is 4.90 Å². The Morgan fingerprint density at radius 2 is 1.62 bits per heavy atom. The molecule has 3 rings (SSSR count). The molecule has 132 valence electrons. The summed E-state index contributed by atoms with van der Waals surface area (Å²) in [6, 6.07) is 21.5. The van der Waals surface area contributed by atoms with Gasteiger partial charge < -0.3 is 4.74 Å². The predicted molar refractivity (Wildman–Crippen MR) is 101 cm³/mol. The maximum absolute atomic E-state index is 11.6. The third kappa shape index (κ3) is 4.18. The molecule has 26 heavy (non-hydrogen) atoms. The second-order valence-corrected chi connectivity index (χ2v) is 7.96. The molecule has 0 aromatic heterocycles. The Morgan fingerprint density at radius 3 is 2.23 bits per heavy atom. The molecule has 0 bridgehead atoms. The molecule has 0 heterocycles. The summed E-state index contributed by atoms with van der Waals surface area (Å²) in [5, 5.41) is 0. The number of aldehydes is 1. The summed E-state index contributed by atoms with van der Waals surface area (Å²) in [6.45, 7) is 0.399. The van der Waals surface area contributed by atoms with E-state index >= 15 is 0 Å². The topological polar surface area (TPSA) is 60.4 Å². The highest BCUT2D eigenvalue weighted by Crippen LogP contribution is 2.32. The summed E-state index contributed by atoms with van der Waals surface area (Å²) >= 11 is 0. The first-order valence-electron chi connectivity index (χ1n) is 8.04. The number of sulfone groups is 1. The molecule has 3 aromatic carbocycles. The molecule has 0 aliphatic rings. The number of hydrogen-bond donors (Lipinski definition) is 0. The van der Waals surface area contributed by atoms with Crippen LogP contribution in [0.3, 0.4) is 0 Å². The normalized spacial score (nSPS) is 11.1. The van der Waals surface area contributed by atoms with E-state index in [0.29, 0.717) is 17.9 Å². The Bertz CT molecular complexity index is 1010.